The van der Waals surface area contributed by atoms with Crippen LogP contribution >= 0.6 is 0 Å². The molecule has 0 atom stereocenters. The fourth-order valence-electron chi connectivity index (χ4n) is 2.44. The minimum absolute atomic E-state index is 0.792. The van der Waals surface area contributed by atoms with Crippen molar-refractivity contribution in [2.75, 3.05) is 5.32 Å². The Labute approximate surface area is 119 Å². The molecule has 0 spiro atoms. The number of pyridine rings is 1. The van der Waals surface area contributed by atoms with E-state index in [1.165, 1.54) is 21.9 Å². The summed E-state index contributed by atoms with van der Waals surface area (Å²) in [5.41, 5.74) is 3.60. The topological polar surface area (TPSA) is 24.9 Å². The molecule has 3 aromatic rings. The molecule has 2 aromatic carbocycles. The summed E-state index contributed by atoms with van der Waals surface area (Å²) < 4.78 is 0. The highest BCUT2D eigenvalue weighted by Crippen LogP contribution is 2.26. The second-order valence-corrected chi connectivity index (χ2v) is 5.06. The van der Waals surface area contributed by atoms with Gasteiger partial charge in [0.2, 0.25) is 0 Å². The van der Waals surface area contributed by atoms with Crippen LogP contribution in [0.3, 0.4) is 0 Å². The zero-order chi connectivity index (χ0) is 13.9. The highest BCUT2D eigenvalue weighted by atomic mass is 15.0. The molecule has 1 heterocycles. The number of hydrogen-bond donors (Lipinski definition) is 1. The Bertz CT molecular complexity index is 733. The second kappa shape index (κ2) is 5.33. The van der Waals surface area contributed by atoms with Crippen molar-refractivity contribution in [3.05, 3.63) is 71.4 Å². The number of benzene rings is 2. The maximum Gasteiger partial charge on any atom is 0.134 e. The Morgan fingerprint density at radius 1 is 0.850 bits per heavy atom. The summed E-state index contributed by atoms with van der Waals surface area (Å²) in [5.74, 6) is 0.965. The maximum atomic E-state index is 4.70. The van der Waals surface area contributed by atoms with Gasteiger partial charge in [-0.05, 0) is 30.4 Å². The summed E-state index contributed by atoms with van der Waals surface area (Å²) in [6.07, 6.45) is 0. The lowest BCUT2D eigenvalue weighted by atomic mass is 10.1. The molecule has 0 radical (unpaired) electrons. The normalized spacial score (nSPS) is 10.7. The van der Waals surface area contributed by atoms with Crippen molar-refractivity contribution >= 4 is 16.6 Å². The molecule has 100 valence electrons. The van der Waals surface area contributed by atoms with Gasteiger partial charge in [0.15, 0.2) is 0 Å². The smallest absolute Gasteiger partial charge is 0.134 e. The number of nitrogens with zero attached hydrogens (tertiary/aromatic N) is 1. The number of fused-ring (bicyclic) bond motifs is 1. The fourth-order valence-corrected chi connectivity index (χ4v) is 2.44. The standard InChI is InChI=1S/C18H18N2/c1-13-14(2)20-18(17-11-7-6-10-16(13)17)19-12-15-8-4-3-5-9-15/h3-11H,12H2,1-2H3,(H,19,20). The molecular weight excluding hydrogens is 244 g/mol. The van der Waals surface area contributed by atoms with Crippen molar-refractivity contribution in [3.63, 3.8) is 0 Å². The third kappa shape index (κ3) is 2.37. The van der Waals surface area contributed by atoms with Crippen molar-refractivity contribution in [1.82, 2.24) is 4.98 Å². The van der Waals surface area contributed by atoms with Gasteiger partial charge in [-0.25, -0.2) is 4.98 Å². The van der Waals surface area contributed by atoms with Gasteiger partial charge < -0.3 is 5.32 Å². The molecule has 0 amide bonds. The molecule has 2 heteroatoms. The Morgan fingerprint density at radius 2 is 1.50 bits per heavy atom. The van der Waals surface area contributed by atoms with Crippen molar-refractivity contribution < 1.29 is 0 Å². The van der Waals surface area contributed by atoms with E-state index in [1.54, 1.807) is 0 Å². The van der Waals surface area contributed by atoms with E-state index in [-0.39, 0.29) is 0 Å². The van der Waals surface area contributed by atoms with Crippen LogP contribution in [-0.2, 0) is 6.54 Å². The zero-order valence-corrected chi connectivity index (χ0v) is 11.9. The van der Waals surface area contributed by atoms with E-state index >= 15 is 0 Å². The minimum atomic E-state index is 0.792. The summed E-state index contributed by atoms with van der Waals surface area (Å²) in [6.45, 7) is 4.99. The highest BCUT2D eigenvalue weighted by molar-refractivity contribution is 5.94. The third-order valence-electron chi connectivity index (χ3n) is 3.71. The first-order chi connectivity index (χ1) is 9.75. The first kappa shape index (κ1) is 12.7. The molecule has 20 heavy (non-hydrogen) atoms. The summed E-state index contributed by atoms with van der Waals surface area (Å²) in [6, 6.07) is 18.8. The van der Waals surface area contributed by atoms with Crippen LogP contribution in [-0.4, -0.2) is 4.98 Å². The van der Waals surface area contributed by atoms with Gasteiger partial charge in [0, 0.05) is 17.6 Å². The molecule has 0 aliphatic rings. The van der Waals surface area contributed by atoms with E-state index in [1.807, 2.05) is 6.07 Å². The molecule has 1 N–H and O–H groups in total. The van der Waals surface area contributed by atoms with Crippen molar-refractivity contribution in [3.8, 4) is 0 Å². The number of rotatable bonds is 3. The Balaban J connectivity index is 1.97. The predicted octanol–water partition coefficient (Wildman–Crippen LogP) is 4.46. The van der Waals surface area contributed by atoms with E-state index in [4.69, 9.17) is 4.98 Å². The van der Waals surface area contributed by atoms with Crippen LogP contribution < -0.4 is 5.32 Å². The van der Waals surface area contributed by atoms with Gasteiger partial charge in [-0.15, -0.1) is 0 Å². The van der Waals surface area contributed by atoms with Crippen LogP contribution in [0.2, 0.25) is 0 Å². The van der Waals surface area contributed by atoms with E-state index in [0.717, 1.165) is 18.1 Å². The summed E-state index contributed by atoms with van der Waals surface area (Å²) in [5, 5.41) is 5.92. The molecule has 0 bridgehead atoms. The molecule has 1 aromatic heterocycles. The van der Waals surface area contributed by atoms with Gasteiger partial charge in [0.05, 0.1) is 0 Å². The first-order valence-electron chi connectivity index (χ1n) is 6.89. The van der Waals surface area contributed by atoms with E-state index in [9.17, 15) is 0 Å². The van der Waals surface area contributed by atoms with Crippen LogP contribution in [0.1, 0.15) is 16.8 Å². The van der Waals surface area contributed by atoms with Crippen molar-refractivity contribution in [2.45, 2.75) is 20.4 Å². The molecular formula is C18H18N2. The molecule has 0 aliphatic carbocycles. The van der Waals surface area contributed by atoms with Crippen LogP contribution in [0, 0.1) is 13.8 Å². The lowest BCUT2D eigenvalue weighted by Crippen LogP contribution is -2.04. The third-order valence-corrected chi connectivity index (χ3v) is 3.71. The predicted molar refractivity (Wildman–Crippen MR) is 85.0 cm³/mol. The SMILES string of the molecule is Cc1nc(NCc2ccccc2)c2ccccc2c1C. The number of anilines is 1. The maximum absolute atomic E-state index is 4.70. The molecule has 3 rings (SSSR count). The van der Waals surface area contributed by atoms with Gasteiger partial charge in [0.1, 0.15) is 5.82 Å². The number of aryl methyl sites for hydroxylation is 2. The van der Waals surface area contributed by atoms with Gasteiger partial charge in [-0.2, -0.15) is 0 Å². The molecule has 0 saturated heterocycles. The Morgan fingerprint density at radius 3 is 2.25 bits per heavy atom. The summed E-state index contributed by atoms with van der Waals surface area (Å²) in [4.78, 5) is 4.70. The molecule has 0 unspecified atom stereocenters. The molecule has 0 aliphatic heterocycles. The van der Waals surface area contributed by atoms with Crippen molar-refractivity contribution in [1.29, 1.82) is 0 Å². The average molecular weight is 262 g/mol. The second-order valence-electron chi connectivity index (χ2n) is 5.06. The lowest BCUT2D eigenvalue weighted by molar-refractivity contribution is 1.09. The molecule has 0 fully saturated rings. The average Bonchev–Trinajstić information content (AvgIpc) is 2.50. The van der Waals surface area contributed by atoms with Crippen LogP contribution in [0.25, 0.3) is 10.8 Å². The summed E-state index contributed by atoms with van der Waals surface area (Å²) in [7, 11) is 0. The van der Waals surface area contributed by atoms with Crippen molar-refractivity contribution in [2.24, 2.45) is 0 Å². The number of hydrogen-bond acceptors (Lipinski definition) is 2. The van der Waals surface area contributed by atoms with Crippen LogP contribution in [0.5, 0.6) is 0 Å². The van der Waals surface area contributed by atoms with Gasteiger partial charge in [-0.1, -0.05) is 54.6 Å². The van der Waals surface area contributed by atoms with Crippen LogP contribution in [0.4, 0.5) is 5.82 Å². The van der Waals surface area contributed by atoms with E-state index in [0.29, 0.717) is 0 Å². The summed E-state index contributed by atoms with van der Waals surface area (Å²) >= 11 is 0. The van der Waals surface area contributed by atoms with E-state index in [2.05, 4.69) is 67.7 Å². The monoisotopic (exact) mass is 262 g/mol. The molecule has 0 saturated carbocycles. The Kier molecular flexibility index (Phi) is 3.38. The number of aromatic nitrogens is 1. The van der Waals surface area contributed by atoms with Gasteiger partial charge in [-0.3, -0.25) is 0 Å². The number of nitrogens with one attached hydrogen (secondary N) is 1. The van der Waals surface area contributed by atoms with Gasteiger partial charge >= 0.3 is 0 Å². The first-order valence-corrected chi connectivity index (χ1v) is 6.89. The minimum Gasteiger partial charge on any atom is -0.365 e. The highest BCUT2D eigenvalue weighted by Gasteiger charge is 2.07. The quantitative estimate of drug-likeness (QED) is 0.753. The lowest BCUT2D eigenvalue weighted by Gasteiger charge is -2.12. The molecule has 2 nitrogen and oxygen atoms in total. The van der Waals surface area contributed by atoms with E-state index < -0.39 is 0 Å². The fraction of sp³-hybridized carbons (Fsp3) is 0.167. The Hall–Kier alpha value is -2.35. The largest absolute Gasteiger partial charge is 0.365 e. The van der Waals surface area contributed by atoms with Crippen LogP contribution in [0.15, 0.2) is 54.6 Å². The zero-order valence-electron chi connectivity index (χ0n) is 11.9. The van der Waals surface area contributed by atoms with Gasteiger partial charge in [0.25, 0.3) is 0 Å².